The van der Waals surface area contributed by atoms with Crippen molar-refractivity contribution in [3.63, 3.8) is 0 Å². The molecular formula is C19H16FNO3. The zero-order valence-corrected chi connectivity index (χ0v) is 13.3. The van der Waals surface area contributed by atoms with Crippen LogP contribution in [0.3, 0.4) is 0 Å². The smallest absolute Gasteiger partial charge is 0.262 e. The van der Waals surface area contributed by atoms with Gasteiger partial charge in [-0.1, -0.05) is 13.0 Å². The summed E-state index contributed by atoms with van der Waals surface area (Å²) >= 11 is 0. The molecule has 5 heteroatoms. The second-order valence-electron chi connectivity index (χ2n) is 5.78. The normalized spacial score (nSPS) is 12.3. The fraction of sp³-hybridized carbons (Fsp3) is 0.158. The van der Waals surface area contributed by atoms with Crippen LogP contribution in [0.5, 0.6) is 5.75 Å². The number of benzene rings is 2. The van der Waals surface area contributed by atoms with Crippen LogP contribution in [-0.2, 0) is 4.79 Å². The molecule has 0 aliphatic rings. The van der Waals surface area contributed by atoms with Crippen molar-refractivity contribution in [2.24, 2.45) is 0 Å². The Labute approximate surface area is 138 Å². The highest BCUT2D eigenvalue weighted by Crippen LogP contribution is 2.33. The Hall–Kier alpha value is -2.95. The van der Waals surface area contributed by atoms with Gasteiger partial charge in [-0.25, -0.2) is 4.39 Å². The van der Waals surface area contributed by atoms with Crippen molar-refractivity contribution in [1.82, 2.24) is 4.57 Å². The topological polar surface area (TPSA) is 59.3 Å². The van der Waals surface area contributed by atoms with Gasteiger partial charge in [0.1, 0.15) is 17.9 Å². The molecule has 3 aromatic rings. The van der Waals surface area contributed by atoms with Crippen LogP contribution in [0.15, 0.2) is 42.5 Å². The molecule has 1 heterocycles. The van der Waals surface area contributed by atoms with Gasteiger partial charge >= 0.3 is 0 Å². The molecule has 0 aliphatic heterocycles. The second-order valence-corrected chi connectivity index (χ2v) is 5.78. The maximum absolute atomic E-state index is 13.5. The molecule has 0 spiro atoms. The molecule has 0 radical (unpaired) electrons. The molecule has 24 heavy (non-hydrogen) atoms. The Morgan fingerprint density at radius 2 is 2.00 bits per heavy atom. The van der Waals surface area contributed by atoms with Crippen molar-refractivity contribution in [3.05, 3.63) is 65.1 Å². The van der Waals surface area contributed by atoms with Gasteiger partial charge in [0.15, 0.2) is 0 Å². The number of phenols is 1. The predicted octanol–water partition coefficient (Wildman–Crippen LogP) is 3.79. The Morgan fingerprint density at radius 1 is 1.25 bits per heavy atom. The number of carbonyl (C=O) groups excluding carboxylic acids is 2. The number of nitrogens with zero attached hydrogens (tertiary/aromatic N) is 1. The third-order valence-electron chi connectivity index (χ3n) is 4.17. The molecule has 0 fully saturated rings. The molecule has 0 aliphatic carbocycles. The van der Waals surface area contributed by atoms with Gasteiger partial charge in [-0.05, 0) is 48.9 Å². The van der Waals surface area contributed by atoms with Crippen LogP contribution in [-0.4, -0.2) is 21.9 Å². The van der Waals surface area contributed by atoms with E-state index in [9.17, 15) is 19.1 Å². The van der Waals surface area contributed by atoms with Crippen LogP contribution in [0.1, 0.15) is 34.5 Å². The summed E-state index contributed by atoms with van der Waals surface area (Å²) < 4.78 is 14.9. The van der Waals surface area contributed by atoms with Crippen LogP contribution in [0.25, 0.3) is 10.9 Å². The summed E-state index contributed by atoms with van der Waals surface area (Å²) in [6.07, 6.45) is 0.794. The number of carbonyl (C=O) groups is 2. The van der Waals surface area contributed by atoms with Gasteiger partial charge < -0.3 is 9.90 Å². The van der Waals surface area contributed by atoms with Gasteiger partial charge in [0.2, 0.25) is 0 Å². The summed E-state index contributed by atoms with van der Waals surface area (Å²) in [5, 5.41) is 10.4. The number of aldehydes is 1. The number of fused-ring (bicyclic) bond motifs is 1. The minimum atomic E-state index is -0.492. The van der Waals surface area contributed by atoms with E-state index in [1.807, 2.05) is 0 Å². The average molecular weight is 325 g/mol. The molecule has 1 aromatic heterocycles. The van der Waals surface area contributed by atoms with E-state index in [2.05, 4.69) is 0 Å². The first-order valence-electron chi connectivity index (χ1n) is 7.53. The molecule has 0 saturated heterocycles. The number of aromatic hydroxyl groups is 1. The standard InChI is InChI=1S/C19H16FNO3/c1-11(10-22)18-12(2)21(17-7-6-15(23)9-16(17)18)19(24)13-4-3-5-14(20)8-13/h3-11,23H,1-2H3/t11-/m0/s1. The summed E-state index contributed by atoms with van der Waals surface area (Å²) in [4.78, 5) is 24.2. The van der Waals surface area contributed by atoms with E-state index < -0.39 is 11.7 Å². The molecule has 4 nitrogen and oxygen atoms in total. The Kier molecular flexibility index (Phi) is 3.93. The molecule has 0 unspecified atom stereocenters. The highest BCUT2D eigenvalue weighted by Gasteiger charge is 2.23. The van der Waals surface area contributed by atoms with E-state index >= 15 is 0 Å². The fourth-order valence-corrected chi connectivity index (χ4v) is 3.09. The van der Waals surface area contributed by atoms with Crippen LogP contribution < -0.4 is 0 Å². The number of phenolic OH excluding ortho intramolecular Hbond substituents is 1. The van der Waals surface area contributed by atoms with Gasteiger partial charge in [0.05, 0.1) is 5.52 Å². The van der Waals surface area contributed by atoms with Gasteiger partial charge in [-0.3, -0.25) is 9.36 Å². The molecule has 2 aromatic carbocycles. The first-order chi connectivity index (χ1) is 11.4. The first kappa shape index (κ1) is 15.9. The summed E-state index contributed by atoms with van der Waals surface area (Å²) in [6.45, 7) is 3.47. The molecule has 0 amide bonds. The number of rotatable bonds is 3. The maximum Gasteiger partial charge on any atom is 0.262 e. The van der Waals surface area contributed by atoms with Crippen LogP contribution >= 0.6 is 0 Å². The van der Waals surface area contributed by atoms with Crippen molar-refractivity contribution < 1.29 is 19.1 Å². The Bertz CT molecular complexity index is 959. The first-order valence-corrected chi connectivity index (χ1v) is 7.53. The lowest BCUT2D eigenvalue weighted by atomic mass is 9.99. The molecule has 3 rings (SSSR count). The number of aromatic nitrogens is 1. The Balaban J connectivity index is 2.30. The fourth-order valence-electron chi connectivity index (χ4n) is 3.09. The zero-order chi connectivity index (χ0) is 17.4. The van der Waals surface area contributed by atoms with Gasteiger partial charge in [0.25, 0.3) is 5.91 Å². The number of hydrogen-bond donors (Lipinski definition) is 1. The van der Waals surface area contributed by atoms with E-state index in [4.69, 9.17) is 0 Å². The SMILES string of the molecule is Cc1c([C@@H](C)C=O)c2cc(O)ccc2n1C(=O)c1cccc(F)c1. The highest BCUT2D eigenvalue weighted by atomic mass is 19.1. The van der Waals surface area contributed by atoms with Crippen LogP contribution in [0.4, 0.5) is 4.39 Å². The van der Waals surface area contributed by atoms with E-state index in [-0.39, 0.29) is 17.2 Å². The molecule has 0 saturated carbocycles. The van der Waals surface area contributed by atoms with E-state index in [1.54, 1.807) is 26.0 Å². The largest absolute Gasteiger partial charge is 0.508 e. The van der Waals surface area contributed by atoms with Crippen molar-refractivity contribution >= 4 is 23.1 Å². The van der Waals surface area contributed by atoms with Crippen molar-refractivity contribution in [2.45, 2.75) is 19.8 Å². The summed E-state index contributed by atoms with van der Waals surface area (Å²) in [7, 11) is 0. The van der Waals surface area contributed by atoms with Crippen LogP contribution in [0, 0.1) is 12.7 Å². The Morgan fingerprint density at radius 3 is 2.67 bits per heavy atom. The lowest BCUT2D eigenvalue weighted by Crippen LogP contribution is -2.14. The maximum atomic E-state index is 13.5. The number of halogens is 1. The van der Waals surface area contributed by atoms with Crippen molar-refractivity contribution in [2.75, 3.05) is 0 Å². The van der Waals surface area contributed by atoms with Gasteiger partial charge in [-0.2, -0.15) is 0 Å². The van der Waals surface area contributed by atoms with Gasteiger partial charge in [0, 0.05) is 22.6 Å². The average Bonchev–Trinajstić information content (AvgIpc) is 2.84. The number of hydrogen-bond acceptors (Lipinski definition) is 3. The quantitative estimate of drug-likeness (QED) is 0.745. The summed E-state index contributed by atoms with van der Waals surface area (Å²) in [5.74, 6) is -1.26. The molecule has 122 valence electrons. The molecule has 0 bridgehead atoms. The molecular weight excluding hydrogens is 309 g/mol. The molecule has 1 N–H and O–H groups in total. The van der Waals surface area contributed by atoms with E-state index in [0.29, 0.717) is 22.2 Å². The van der Waals surface area contributed by atoms with Crippen molar-refractivity contribution in [3.8, 4) is 5.75 Å². The second kappa shape index (κ2) is 5.92. The lowest BCUT2D eigenvalue weighted by molar-refractivity contribution is -0.108. The third kappa shape index (κ3) is 2.48. The molecule has 1 atom stereocenters. The lowest BCUT2D eigenvalue weighted by Gasteiger charge is -2.08. The minimum absolute atomic E-state index is 0.0530. The zero-order valence-electron chi connectivity index (χ0n) is 13.3. The minimum Gasteiger partial charge on any atom is -0.508 e. The third-order valence-corrected chi connectivity index (χ3v) is 4.17. The monoisotopic (exact) mass is 325 g/mol. The van der Waals surface area contributed by atoms with E-state index in [0.717, 1.165) is 6.29 Å². The summed E-state index contributed by atoms with van der Waals surface area (Å²) in [6, 6.07) is 10.1. The summed E-state index contributed by atoms with van der Waals surface area (Å²) in [5.41, 5.74) is 2.07. The van der Waals surface area contributed by atoms with Gasteiger partial charge in [-0.15, -0.1) is 0 Å². The van der Waals surface area contributed by atoms with Crippen molar-refractivity contribution in [1.29, 1.82) is 0 Å². The predicted molar refractivity (Wildman–Crippen MR) is 88.9 cm³/mol. The van der Waals surface area contributed by atoms with Crippen LogP contribution in [0.2, 0.25) is 0 Å². The van der Waals surface area contributed by atoms with E-state index in [1.165, 1.54) is 34.9 Å². The highest BCUT2D eigenvalue weighted by molar-refractivity contribution is 6.05.